The van der Waals surface area contributed by atoms with Crippen molar-refractivity contribution in [2.24, 2.45) is 5.41 Å². The molecule has 0 radical (unpaired) electrons. The van der Waals surface area contributed by atoms with E-state index in [9.17, 15) is 5.11 Å². The van der Waals surface area contributed by atoms with Crippen LogP contribution < -0.4 is 10.6 Å². The average Bonchev–Trinajstić information content (AvgIpc) is 2.28. The van der Waals surface area contributed by atoms with Crippen LogP contribution in [0.25, 0.3) is 0 Å². The van der Waals surface area contributed by atoms with Gasteiger partial charge in [-0.15, -0.1) is 0 Å². The minimum absolute atomic E-state index is 0.122. The number of aromatic nitrogens is 2. The Kier molecular flexibility index (Phi) is 5.54. The molecule has 1 heterocycles. The van der Waals surface area contributed by atoms with E-state index in [1.807, 2.05) is 13.8 Å². The summed E-state index contributed by atoms with van der Waals surface area (Å²) < 4.78 is 0. The van der Waals surface area contributed by atoms with Gasteiger partial charge >= 0.3 is 0 Å². The molecule has 0 spiro atoms. The first-order valence-electron chi connectivity index (χ1n) is 6.81. The van der Waals surface area contributed by atoms with Crippen LogP contribution in [0.3, 0.4) is 0 Å². The lowest BCUT2D eigenvalue weighted by molar-refractivity contribution is 0.132. The molecule has 5 nitrogen and oxygen atoms in total. The third-order valence-corrected chi connectivity index (χ3v) is 2.78. The minimum atomic E-state index is -0.378. The van der Waals surface area contributed by atoms with Crippen molar-refractivity contribution < 1.29 is 5.11 Å². The van der Waals surface area contributed by atoms with Crippen molar-refractivity contribution in [3.05, 3.63) is 11.9 Å². The first-order chi connectivity index (χ1) is 8.83. The van der Waals surface area contributed by atoms with E-state index >= 15 is 0 Å². The fourth-order valence-corrected chi connectivity index (χ4v) is 1.97. The van der Waals surface area contributed by atoms with Crippen LogP contribution in [0.2, 0.25) is 0 Å². The van der Waals surface area contributed by atoms with Crippen molar-refractivity contribution in [3.63, 3.8) is 0 Å². The lowest BCUT2D eigenvalue weighted by Gasteiger charge is -2.23. The standard InChI is InChI=1S/C14H26N4O/c1-6-15-12-10(2)13(18-9-17-12)16-8-11(19)7-14(3,4)5/h9,11,19H,6-8H2,1-5H3,(H2,15,16,17,18). The molecule has 0 aliphatic carbocycles. The highest BCUT2D eigenvalue weighted by molar-refractivity contribution is 5.56. The lowest BCUT2D eigenvalue weighted by atomic mass is 9.89. The molecule has 0 aromatic carbocycles. The van der Waals surface area contributed by atoms with Gasteiger partial charge < -0.3 is 15.7 Å². The number of hydrogen-bond acceptors (Lipinski definition) is 5. The molecule has 1 aromatic heterocycles. The number of aliphatic hydroxyl groups is 1. The molecule has 0 aliphatic rings. The minimum Gasteiger partial charge on any atom is -0.391 e. The van der Waals surface area contributed by atoms with Crippen LogP contribution in [0.4, 0.5) is 11.6 Å². The maximum absolute atomic E-state index is 9.99. The molecule has 0 saturated heterocycles. The number of nitrogens with one attached hydrogen (secondary N) is 2. The summed E-state index contributed by atoms with van der Waals surface area (Å²) in [7, 11) is 0. The monoisotopic (exact) mass is 266 g/mol. The van der Waals surface area contributed by atoms with Gasteiger partial charge in [0, 0.05) is 18.7 Å². The maximum Gasteiger partial charge on any atom is 0.134 e. The van der Waals surface area contributed by atoms with Crippen molar-refractivity contribution in [1.82, 2.24) is 9.97 Å². The molecular formula is C14H26N4O. The van der Waals surface area contributed by atoms with Crippen LogP contribution in [0, 0.1) is 12.3 Å². The van der Waals surface area contributed by atoms with Gasteiger partial charge in [0.2, 0.25) is 0 Å². The Hall–Kier alpha value is -1.36. The second-order valence-corrected chi connectivity index (χ2v) is 6.03. The van der Waals surface area contributed by atoms with E-state index in [0.717, 1.165) is 30.2 Å². The first-order valence-corrected chi connectivity index (χ1v) is 6.81. The molecular weight excluding hydrogens is 240 g/mol. The molecule has 1 aromatic rings. The molecule has 1 unspecified atom stereocenters. The second kappa shape index (κ2) is 6.70. The van der Waals surface area contributed by atoms with Gasteiger partial charge in [0.1, 0.15) is 18.0 Å². The van der Waals surface area contributed by atoms with Gasteiger partial charge in [0.15, 0.2) is 0 Å². The fourth-order valence-electron chi connectivity index (χ4n) is 1.97. The largest absolute Gasteiger partial charge is 0.391 e. The first kappa shape index (κ1) is 15.7. The van der Waals surface area contributed by atoms with Crippen LogP contribution in [-0.2, 0) is 0 Å². The number of anilines is 2. The highest BCUT2D eigenvalue weighted by Crippen LogP contribution is 2.22. The second-order valence-electron chi connectivity index (χ2n) is 6.03. The molecule has 1 rings (SSSR count). The summed E-state index contributed by atoms with van der Waals surface area (Å²) in [6.45, 7) is 11.7. The van der Waals surface area contributed by atoms with Crippen molar-refractivity contribution in [3.8, 4) is 0 Å². The zero-order valence-electron chi connectivity index (χ0n) is 12.6. The van der Waals surface area contributed by atoms with Crippen molar-refractivity contribution >= 4 is 11.6 Å². The molecule has 0 bridgehead atoms. The number of hydrogen-bond donors (Lipinski definition) is 3. The average molecular weight is 266 g/mol. The fraction of sp³-hybridized carbons (Fsp3) is 0.714. The summed E-state index contributed by atoms with van der Waals surface area (Å²) in [5, 5.41) is 16.4. The van der Waals surface area contributed by atoms with Crippen LogP contribution in [0.1, 0.15) is 39.7 Å². The topological polar surface area (TPSA) is 70.1 Å². The van der Waals surface area contributed by atoms with Crippen LogP contribution in [0.5, 0.6) is 0 Å². The van der Waals surface area contributed by atoms with Crippen molar-refractivity contribution in [1.29, 1.82) is 0 Å². The summed E-state index contributed by atoms with van der Waals surface area (Å²) in [5.41, 5.74) is 1.10. The van der Waals surface area contributed by atoms with Crippen LogP contribution >= 0.6 is 0 Å². The van der Waals surface area contributed by atoms with E-state index in [1.165, 1.54) is 6.33 Å². The van der Waals surface area contributed by atoms with Gasteiger partial charge in [-0.05, 0) is 25.7 Å². The van der Waals surface area contributed by atoms with Crippen LogP contribution in [-0.4, -0.2) is 34.3 Å². The molecule has 3 N–H and O–H groups in total. The van der Waals surface area contributed by atoms with Gasteiger partial charge in [0.25, 0.3) is 0 Å². The van der Waals surface area contributed by atoms with Gasteiger partial charge in [-0.3, -0.25) is 0 Å². The summed E-state index contributed by atoms with van der Waals surface area (Å²) in [4.78, 5) is 8.41. The SMILES string of the molecule is CCNc1ncnc(NCC(O)CC(C)(C)C)c1C. The number of rotatable bonds is 6. The zero-order valence-corrected chi connectivity index (χ0v) is 12.6. The van der Waals surface area contributed by atoms with Gasteiger partial charge in [0.05, 0.1) is 6.10 Å². The Morgan fingerprint density at radius 3 is 2.32 bits per heavy atom. The third kappa shape index (κ3) is 5.42. The van der Waals surface area contributed by atoms with Gasteiger partial charge in [-0.1, -0.05) is 20.8 Å². The van der Waals surface area contributed by atoms with Crippen molar-refractivity contribution in [2.45, 2.75) is 47.1 Å². The smallest absolute Gasteiger partial charge is 0.134 e. The molecule has 0 saturated carbocycles. The molecule has 1 atom stereocenters. The van der Waals surface area contributed by atoms with E-state index < -0.39 is 0 Å². The third-order valence-electron chi connectivity index (χ3n) is 2.78. The van der Waals surface area contributed by atoms with E-state index in [0.29, 0.717) is 6.54 Å². The quantitative estimate of drug-likeness (QED) is 0.737. The molecule has 0 fully saturated rings. The van der Waals surface area contributed by atoms with E-state index in [4.69, 9.17) is 0 Å². The predicted octanol–water partition coefficient (Wildman–Crippen LogP) is 2.43. The predicted molar refractivity (Wildman–Crippen MR) is 79.5 cm³/mol. The Morgan fingerprint density at radius 1 is 1.21 bits per heavy atom. The maximum atomic E-state index is 9.99. The molecule has 0 amide bonds. The van der Waals surface area contributed by atoms with Crippen LogP contribution in [0.15, 0.2) is 6.33 Å². The normalized spacial score (nSPS) is 13.2. The summed E-state index contributed by atoms with van der Waals surface area (Å²) in [6, 6.07) is 0. The molecule has 5 heteroatoms. The lowest BCUT2D eigenvalue weighted by Crippen LogP contribution is -2.25. The Morgan fingerprint density at radius 2 is 1.79 bits per heavy atom. The highest BCUT2D eigenvalue weighted by atomic mass is 16.3. The summed E-state index contributed by atoms with van der Waals surface area (Å²) >= 11 is 0. The number of aliphatic hydroxyl groups excluding tert-OH is 1. The zero-order chi connectivity index (χ0) is 14.5. The summed E-state index contributed by atoms with van der Waals surface area (Å²) in [6.07, 6.45) is 1.91. The molecule has 19 heavy (non-hydrogen) atoms. The van der Waals surface area contributed by atoms with E-state index in [1.54, 1.807) is 0 Å². The summed E-state index contributed by atoms with van der Waals surface area (Å²) in [5.74, 6) is 1.62. The molecule has 0 aliphatic heterocycles. The van der Waals surface area contributed by atoms with Gasteiger partial charge in [-0.25, -0.2) is 9.97 Å². The highest BCUT2D eigenvalue weighted by Gasteiger charge is 2.17. The van der Waals surface area contributed by atoms with Gasteiger partial charge in [-0.2, -0.15) is 0 Å². The van der Waals surface area contributed by atoms with Crippen molar-refractivity contribution in [2.75, 3.05) is 23.7 Å². The Labute approximate surface area is 115 Å². The molecule has 108 valence electrons. The Balaban J connectivity index is 2.60. The van der Waals surface area contributed by atoms with E-state index in [-0.39, 0.29) is 11.5 Å². The Bertz CT molecular complexity index is 401. The number of nitrogens with zero attached hydrogens (tertiary/aromatic N) is 2. The van der Waals surface area contributed by atoms with E-state index in [2.05, 4.69) is 41.4 Å².